The summed E-state index contributed by atoms with van der Waals surface area (Å²) in [6.45, 7) is 4.99. The fourth-order valence-corrected chi connectivity index (χ4v) is 2.21. The first-order valence-corrected chi connectivity index (χ1v) is 4.62. The van der Waals surface area contributed by atoms with Crippen LogP contribution in [0.15, 0.2) is 0 Å². The molecule has 12 heavy (non-hydrogen) atoms. The summed E-state index contributed by atoms with van der Waals surface area (Å²) in [7, 11) is 0. The number of nitrogens with zero attached hydrogens (tertiary/aromatic N) is 1. The van der Waals surface area contributed by atoms with Crippen LogP contribution in [0.4, 0.5) is 8.78 Å². The third-order valence-corrected chi connectivity index (χ3v) is 2.78. The second-order valence-electron chi connectivity index (χ2n) is 4.49. The van der Waals surface area contributed by atoms with Gasteiger partial charge in [-0.3, -0.25) is 4.90 Å². The lowest BCUT2D eigenvalue weighted by Gasteiger charge is -2.21. The van der Waals surface area contributed by atoms with Crippen molar-refractivity contribution in [1.29, 1.82) is 0 Å². The SMILES string of the molecule is CC(C)CN1CC(F)(F)C2CC21. The van der Waals surface area contributed by atoms with E-state index in [1.165, 1.54) is 0 Å². The van der Waals surface area contributed by atoms with Gasteiger partial charge in [-0.1, -0.05) is 13.8 Å². The minimum absolute atomic E-state index is 0.000509. The summed E-state index contributed by atoms with van der Waals surface area (Å²) in [6, 6.07) is 0.211. The second-order valence-corrected chi connectivity index (χ2v) is 4.49. The van der Waals surface area contributed by atoms with Crippen LogP contribution >= 0.6 is 0 Å². The average molecular weight is 175 g/mol. The van der Waals surface area contributed by atoms with Crippen LogP contribution in [0.5, 0.6) is 0 Å². The smallest absolute Gasteiger partial charge is 0.264 e. The molecule has 2 atom stereocenters. The summed E-state index contributed by atoms with van der Waals surface area (Å²) in [5, 5.41) is 0. The molecule has 2 fully saturated rings. The second kappa shape index (κ2) is 2.41. The topological polar surface area (TPSA) is 3.24 Å². The molecular formula is C9H15F2N. The molecule has 1 heterocycles. The van der Waals surface area contributed by atoms with Gasteiger partial charge in [-0.2, -0.15) is 0 Å². The molecule has 0 radical (unpaired) electrons. The van der Waals surface area contributed by atoms with Gasteiger partial charge in [-0.25, -0.2) is 8.78 Å². The Morgan fingerprint density at radius 1 is 1.50 bits per heavy atom. The van der Waals surface area contributed by atoms with Crippen molar-refractivity contribution in [2.45, 2.75) is 32.2 Å². The highest BCUT2D eigenvalue weighted by molar-refractivity contribution is 5.10. The lowest BCUT2D eigenvalue weighted by Crippen LogP contribution is -2.33. The van der Waals surface area contributed by atoms with E-state index in [4.69, 9.17) is 0 Å². The van der Waals surface area contributed by atoms with Crippen molar-refractivity contribution in [1.82, 2.24) is 4.90 Å². The molecule has 1 aliphatic heterocycles. The van der Waals surface area contributed by atoms with Crippen molar-refractivity contribution < 1.29 is 8.78 Å². The molecule has 70 valence electrons. The number of rotatable bonds is 2. The molecule has 3 heteroatoms. The molecule has 0 aromatic rings. The van der Waals surface area contributed by atoms with Gasteiger partial charge in [-0.05, 0) is 12.3 Å². The van der Waals surface area contributed by atoms with Crippen molar-refractivity contribution in [3.05, 3.63) is 0 Å². The monoisotopic (exact) mass is 175 g/mol. The zero-order chi connectivity index (χ0) is 8.93. The van der Waals surface area contributed by atoms with Gasteiger partial charge in [0.15, 0.2) is 0 Å². The first-order chi connectivity index (χ1) is 5.50. The van der Waals surface area contributed by atoms with E-state index in [0.29, 0.717) is 5.92 Å². The van der Waals surface area contributed by atoms with Gasteiger partial charge in [-0.15, -0.1) is 0 Å². The van der Waals surface area contributed by atoms with Crippen molar-refractivity contribution in [3.63, 3.8) is 0 Å². The molecule has 1 nitrogen and oxygen atoms in total. The highest BCUT2D eigenvalue weighted by atomic mass is 19.3. The molecule has 0 aromatic heterocycles. The van der Waals surface area contributed by atoms with Gasteiger partial charge in [0.25, 0.3) is 5.92 Å². The Bertz CT molecular complexity index is 191. The molecule has 0 N–H and O–H groups in total. The lowest BCUT2D eigenvalue weighted by atomic mass is 10.2. The fourth-order valence-electron chi connectivity index (χ4n) is 2.21. The van der Waals surface area contributed by atoms with Crippen LogP contribution in [-0.4, -0.2) is 30.0 Å². The summed E-state index contributed by atoms with van der Waals surface area (Å²) in [4.78, 5) is 1.95. The van der Waals surface area contributed by atoms with Gasteiger partial charge in [0.1, 0.15) is 0 Å². The summed E-state index contributed by atoms with van der Waals surface area (Å²) in [6.07, 6.45) is 0.722. The third-order valence-electron chi connectivity index (χ3n) is 2.78. The van der Waals surface area contributed by atoms with Gasteiger partial charge in [0.05, 0.1) is 6.54 Å². The summed E-state index contributed by atoms with van der Waals surface area (Å²) >= 11 is 0. The van der Waals surface area contributed by atoms with Crippen LogP contribution in [0.3, 0.4) is 0 Å². The maximum atomic E-state index is 13.0. The molecule has 2 unspecified atom stereocenters. The van der Waals surface area contributed by atoms with Crippen LogP contribution in [-0.2, 0) is 0 Å². The molecule has 1 saturated heterocycles. The molecule has 0 aromatic carbocycles. The largest absolute Gasteiger partial charge is 0.294 e. The van der Waals surface area contributed by atoms with Crippen molar-refractivity contribution >= 4 is 0 Å². The molecular weight excluding hydrogens is 160 g/mol. The standard InChI is InChI=1S/C9H15F2N/c1-6(2)4-12-5-9(10,11)7-3-8(7)12/h6-8H,3-5H2,1-2H3. The maximum Gasteiger partial charge on any atom is 0.264 e. The van der Waals surface area contributed by atoms with Gasteiger partial charge >= 0.3 is 0 Å². The summed E-state index contributed by atoms with van der Waals surface area (Å²) in [5.41, 5.74) is 0. The number of fused-ring (bicyclic) bond motifs is 1. The number of piperidine rings is 1. The predicted octanol–water partition coefficient (Wildman–Crippen LogP) is 1.98. The first-order valence-electron chi connectivity index (χ1n) is 4.62. The molecule has 0 bridgehead atoms. The Morgan fingerprint density at radius 3 is 2.50 bits per heavy atom. The number of likely N-dealkylation sites (tertiary alicyclic amines) is 1. The minimum Gasteiger partial charge on any atom is -0.294 e. The molecule has 2 rings (SSSR count). The van der Waals surface area contributed by atoms with E-state index in [-0.39, 0.29) is 18.5 Å². The Kier molecular flexibility index (Phi) is 1.69. The van der Waals surface area contributed by atoms with Gasteiger partial charge in [0, 0.05) is 18.5 Å². The maximum absolute atomic E-state index is 13.0. The molecule has 0 amide bonds. The number of halogens is 2. The number of alkyl halides is 2. The van der Waals surface area contributed by atoms with E-state index < -0.39 is 5.92 Å². The van der Waals surface area contributed by atoms with E-state index in [2.05, 4.69) is 13.8 Å². The lowest BCUT2D eigenvalue weighted by molar-refractivity contribution is -0.0175. The van der Waals surface area contributed by atoms with Crippen LogP contribution in [0, 0.1) is 11.8 Å². The Labute approximate surface area is 71.7 Å². The van der Waals surface area contributed by atoms with Crippen LogP contribution in [0.1, 0.15) is 20.3 Å². The quantitative estimate of drug-likeness (QED) is 0.620. The van der Waals surface area contributed by atoms with E-state index in [9.17, 15) is 8.78 Å². The van der Waals surface area contributed by atoms with Gasteiger partial charge in [0.2, 0.25) is 0 Å². The number of hydrogen-bond donors (Lipinski definition) is 0. The van der Waals surface area contributed by atoms with Crippen LogP contribution in [0.25, 0.3) is 0 Å². The van der Waals surface area contributed by atoms with E-state index >= 15 is 0 Å². The predicted molar refractivity (Wildman–Crippen MR) is 43.3 cm³/mol. The highest BCUT2D eigenvalue weighted by Crippen LogP contribution is 2.53. The molecule has 2 aliphatic rings. The van der Waals surface area contributed by atoms with E-state index in [0.717, 1.165) is 13.0 Å². The normalized spacial score (nSPS) is 38.8. The van der Waals surface area contributed by atoms with Gasteiger partial charge < -0.3 is 0 Å². The van der Waals surface area contributed by atoms with Crippen molar-refractivity contribution in [2.24, 2.45) is 11.8 Å². The third kappa shape index (κ3) is 1.24. The zero-order valence-electron chi connectivity index (χ0n) is 7.56. The Morgan fingerprint density at radius 2 is 2.17 bits per heavy atom. The molecule has 0 spiro atoms. The van der Waals surface area contributed by atoms with Crippen LogP contribution < -0.4 is 0 Å². The van der Waals surface area contributed by atoms with Crippen LogP contribution in [0.2, 0.25) is 0 Å². The molecule has 1 saturated carbocycles. The summed E-state index contributed by atoms with van der Waals surface area (Å²) < 4.78 is 26.1. The highest BCUT2D eigenvalue weighted by Gasteiger charge is 2.63. The average Bonchev–Trinajstić information content (AvgIpc) is 2.56. The molecule has 1 aliphatic carbocycles. The Balaban J connectivity index is 1.95. The van der Waals surface area contributed by atoms with E-state index in [1.54, 1.807) is 0 Å². The first kappa shape index (κ1) is 8.42. The minimum atomic E-state index is -2.39. The zero-order valence-corrected chi connectivity index (χ0v) is 7.56. The van der Waals surface area contributed by atoms with E-state index in [1.807, 2.05) is 4.90 Å². The number of hydrogen-bond acceptors (Lipinski definition) is 1. The van der Waals surface area contributed by atoms with Crippen molar-refractivity contribution in [2.75, 3.05) is 13.1 Å². The van der Waals surface area contributed by atoms with Crippen molar-refractivity contribution in [3.8, 4) is 0 Å². The fraction of sp³-hybridized carbons (Fsp3) is 1.00. The summed E-state index contributed by atoms with van der Waals surface area (Å²) in [5.74, 6) is -2.20. The Hall–Kier alpha value is -0.180.